The second-order valence-electron chi connectivity index (χ2n) is 4.92. The number of rotatable bonds is 1. The fourth-order valence-corrected chi connectivity index (χ4v) is 2.97. The Bertz CT molecular complexity index is 547. The Hall–Kier alpha value is -1.98. The van der Waals surface area contributed by atoms with Gasteiger partial charge in [0.25, 0.3) is 11.4 Å². The lowest BCUT2D eigenvalue weighted by Gasteiger charge is -2.26. The van der Waals surface area contributed by atoms with E-state index in [1.165, 1.54) is 18.6 Å². The molecule has 1 heterocycles. The Morgan fingerprint density at radius 1 is 1.28 bits per heavy atom. The second kappa shape index (κ2) is 3.76. The average molecular weight is 247 g/mol. The third kappa shape index (κ3) is 1.48. The minimum Gasteiger partial charge on any atom is -0.594 e. The fraction of sp³-hybridized carbons (Fsp3) is 0.500. The molecule has 6 heteroatoms. The number of benzene rings is 1. The normalized spacial score (nSPS) is 20.6. The summed E-state index contributed by atoms with van der Waals surface area (Å²) in [4.78, 5) is 10.8. The molecule has 6 nitrogen and oxygen atoms in total. The number of hydrogen-bond donors (Lipinski definition) is 0. The predicted molar refractivity (Wildman–Crippen MR) is 63.6 cm³/mol. The molecule has 1 aliphatic heterocycles. The molecular weight excluding hydrogens is 234 g/mol. The summed E-state index contributed by atoms with van der Waals surface area (Å²) in [5.41, 5.74) is 0.705. The molecule has 1 fully saturated rings. The molecule has 0 N–H and O–H groups in total. The topological polar surface area (TPSA) is 81.6 Å². The van der Waals surface area contributed by atoms with Crippen LogP contribution in [0.4, 0.5) is 11.4 Å². The van der Waals surface area contributed by atoms with Crippen LogP contribution in [0.15, 0.2) is 23.3 Å². The van der Waals surface area contributed by atoms with E-state index in [0.29, 0.717) is 10.5 Å². The molecule has 0 amide bonds. The molecule has 18 heavy (non-hydrogen) atoms. The zero-order valence-electron chi connectivity index (χ0n) is 9.83. The Morgan fingerprint density at radius 3 is 2.67 bits per heavy atom. The minimum atomic E-state index is -0.486. The first-order valence-electron chi connectivity index (χ1n) is 6.11. The van der Waals surface area contributed by atoms with Crippen molar-refractivity contribution in [1.82, 2.24) is 0 Å². The van der Waals surface area contributed by atoms with Gasteiger partial charge in [0.15, 0.2) is 5.54 Å². The highest BCUT2D eigenvalue weighted by molar-refractivity contribution is 5.53. The fourth-order valence-electron chi connectivity index (χ4n) is 2.97. The van der Waals surface area contributed by atoms with Crippen LogP contribution in [0.25, 0.3) is 0 Å². The van der Waals surface area contributed by atoms with Crippen molar-refractivity contribution in [2.24, 2.45) is 5.11 Å². The Labute approximate surface area is 104 Å². The van der Waals surface area contributed by atoms with Crippen molar-refractivity contribution in [3.63, 3.8) is 0 Å². The van der Waals surface area contributed by atoms with Gasteiger partial charge in [-0.05, 0) is 24.0 Å². The number of hydrogen-bond acceptors (Lipinski definition) is 4. The van der Waals surface area contributed by atoms with Gasteiger partial charge in [0.1, 0.15) is 0 Å². The summed E-state index contributed by atoms with van der Waals surface area (Å²) in [7, 11) is 0. The van der Waals surface area contributed by atoms with Crippen LogP contribution in [-0.4, -0.2) is 9.78 Å². The van der Waals surface area contributed by atoms with Crippen molar-refractivity contribution in [2.75, 3.05) is 0 Å². The van der Waals surface area contributed by atoms with Crippen molar-refractivity contribution in [1.29, 1.82) is 0 Å². The minimum absolute atomic E-state index is 0.0577. The van der Waals surface area contributed by atoms with Gasteiger partial charge in [-0.2, -0.15) is 0 Å². The molecule has 0 atom stereocenters. The Balaban J connectivity index is 2.10. The largest absolute Gasteiger partial charge is 0.594 e. The van der Waals surface area contributed by atoms with Gasteiger partial charge in [0.2, 0.25) is 0 Å². The number of non-ortho nitro benzene ring substituents is 1. The van der Waals surface area contributed by atoms with Crippen molar-refractivity contribution >= 4 is 11.4 Å². The highest BCUT2D eigenvalue weighted by Gasteiger charge is 2.46. The molecule has 0 saturated heterocycles. The van der Waals surface area contributed by atoms with E-state index < -0.39 is 10.5 Å². The number of nitro groups is 1. The number of nitro benzene ring substituents is 1. The first-order valence-corrected chi connectivity index (χ1v) is 6.11. The Kier molecular flexibility index (Phi) is 2.33. The molecule has 0 aromatic heterocycles. The first kappa shape index (κ1) is 11.1. The zero-order valence-corrected chi connectivity index (χ0v) is 9.83. The van der Waals surface area contributed by atoms with Gasteiger partial charge in [-0.3, -0.25) is 10.1 Å². The van der Waals surface area contributed by atoms with Crippen molar-refractivity contribution in [2.45, 2.75) is 37.6 Å². The van der Waals surface area contributed by atoms with Crippen LogP contribution < -0.4 is 0 Å². The molecule has 1 aliphatic carbocycles. The average Bonchev–Trinajstić information content (AvgIpc) is 2.63. The predicted octanol–water partition coefficient (Wildman–Crippen LogP) is 3.36. The highest BCUT2D eigenvalue weighted by atomic mass is 16.6. The SMILES string of the molecule is O=[N+]([O-])c1ccc2c(c1)[N+]([O-])=NC21CCCCC1. The maximum atomic E-state index is 11.8. The molecule has 2 aliphatic rings. The molecule has 3 rings (SSSR count). The monoisotopic (exact) mass is 247 g/mol. The van der Waals surface area contributed by atoms with Gasteiger partial charge in [-0.1, -0.05) is 24.1 Å². The van der Waals surface area contributed by atoms with Crippen LogP contribution >= 0.6 is 0 Å². The summed E-state index contributed by atoms with van der Waals surface area (Å²) in [5, 5.41) is 26.8. The van der Waals surface area contributed by atoms with E-state index in [2.05, 4.69) is 5.11 Å². The third-order valence-corrected chi connectivity index (χ3v) is 3.86. The van der Waals surface area contributed by atoms with E-state index in [1.54, 1.807) is 6.07 Å². The molecule has 1 spiro atoms. The number of fused-ring (bicyclic) bond motifs is 2. The molecular formula is C12H13N3O3. The van der Waals surface area contributed by atoms with Gasteiger partial charge < -0.3 is 5.21 Å². The van der Waals surface area contributed by atoms with Gasteiger partial charge in [-0.25, -0.2) is 0 Å². The summed E-state index contributed by atoms with van der Waals surface area (Å²) in [5.74, 6) is 0. The van der Waals surface area contributed by atoms with Gasteiger partial charge in [0.05, 0.1) is 16.6 Å². The highest BCUT2D eigenvalue weighted by Crippen LogP contribution is 2.49. The van der Waals surface area contributed by atoms with E-state index in [0.717, 1.165) is 31.2 Å². The standard InChI is InChI=1S/C12H13N3O3/c16-14-11-8-9(15(17)18)4-5-10(11)12(13-14)6-2-1-3-7-12/h4-5,8H,1-3,6-7H2. The second-order valence-corrected chi connectivity index (χ2v) is 4.92. The lowest BCUT2D eigenvalue weighted by Crippen LogP contribution is -2.24. The van der Waals surface area contributed by atoms with Gasteiger partial charge >= 0.3 is 0 Å². The van der Waals surface area contributed by atoms with Crippen LogP contribution in [0.5, 0.6) is 0 Å². The van der Waals surface area contributed by atoms with Crippen LogP contribution in [0.3, 0.4) is 0 Å². The van der Waals surface area contributed by atoms with E-state index in [-0.39, 0.29) is 5.69 Å². The maximum absolute atomic E-state index is 11.8. The quantitative estimate of drug-likeness (QED) is 0.330. The zero-order chi connectivity index (χ0) is 12.8. The number of nitrogens with zero attached hydrogens (tertiary/aromatic N) is 3. The molecule has 94 valence electrons. The lowest BCUT2D eigenvalue weighted by atomic mass is 9.77. The van der Waals surface area contributed by atoms with Gasteiger partial charge in [-0.15, -0.1) is 0 Å². The van der Waals surface area contributed by atoms with E-state index in [4.69, 9.17) is 0 Å². The molecule has 1 aromatic carbocycles. The molecule has 0 unspecified atom stereocenters. The maximum Gasteiger partial charge on any atom is 0.276 e. The molecule has 1 saturated carbocycles. The van der Waals surface area contributed by atoms with Gasteiger partial charge in [0, 0.05) is 6.07 Å². The third-order valence-electron chi connectivity index (χ3n) is 3.86. The van der Waals surface area contributed by atoms with E-state index >= 15 is 0 Å². The summed E-state index contributed by atoms with van der Waals surface area (Å²) >= 11 is 0. The number of azo groups is 1. The van der Waals surface area contributed by atoms with Crippen molar-refractivity contribution < 1.29 is 9.78 Å². The van der Waals surface area contributed by atoms with Crippen LogP contribution in [0, 0.1) is 15.3 Å². The first-order chi connectivity index (χ1) is 8.62. The lowest BCUT2D eigenvalue weighted by molar-refractivity contribution is -0.442. The molecule has 0 radical (unpaired) electrons. The van der Waals surface area contributed by atoms with E-state index in [1.807, 2.05) is 0 Å². The summed E-state index contributed by atoms with van der Waals surface area (Å²) < 4.78 is 0. The van der Waals surface area contributed by atoms with Crippen LogP contribution in [0.2, 0.25) is 0 Å². The molecule has 0 bridgehead atoms. The Morgan fingerprint density at radius 2 is 2.00 bits per heavy atom. The summed E-state index contributed by atoms with van der Waals surface area (Å²) in [6, 6.07) is 4.49. The molecule has 1 aromatic rings. The smallest absolute Gasteiger partial charge is 0.276 e. The summed E-state index contributed by atoms with van der Waals surface area (Å²) in [6.07, 6.45) is 4.98. The van der Waals surface area contributed by atoms with Crippen molar-refractivity contribution in [3.8, 4) is 0 Å². The summed E-state index contributed by atoms with van der Waals surface area (Å²) in [6.45, 7) is 0. The van der Waals surface area contributed by atoms with Crippen molar-refractivity contribution in [3.05, 3.63) is 39.1 Å². The van der Waals surface area contributed by atoms with Crippen LogP contribution in [-0.2, 0) is 5.54 Å². The van der Waals surface area contributed by atoms with E-state index in [9.17, 15) is 15.3 Å². The van der Waals surface area contributed by atoms with Crippen LogP contribution in [0.1, 0.15) is 37.7 Å².